The highest BCUT2D eigenvalue weighted by molar-refractivity contribution is 6.06. The zero-order chi connectivity index (χ0) is 19.1. The number of furan rings is 1. The van der Waals surface area contributed by atoms with Gasteiger partial charge >= 0.3 is 0 Å². The van der Waals surface area contributed by atoms with Gasteiger partial charge in [0.25, 0.3) is 0 Å². The average molecular weight is 364 g/mol. The van der Waals surface area contributed by atoms with Gasteiger partial charge in [0.15, 0.2) is 5.58 Å². The SMILES string of the molecule is COc1ccc(-c2cc3oc4ccccc4c3n2-c2ccc(C#N)cc2)cc1. The molecule has 3 aromatic carbocycles. The van der Waals surface area contributed by atoms with E-state index in [1.165, 1.54) is 0 Å². The van der Waals surface area contributed by atoms with Crippen LogP contribution < -0.4 is 4.74 Å². The lowest BCUT2D eigenvalue weighted by Gasteiger charge is -2.11. The lowest BCUT2D eigenvalue weighted by molar-refractivity contribution is 0.415. The third-order valence-corrected chi connectivity index (χ3v) is 4.97. The summed E-state index contributed by atoms with van der Waals surface area (Å²) in [6, 6.07) is 27.9. The summed E-state index contributed by atoms with van der Waals surface area (Å²) in [6.45, 7) is 0. The number of fused-ring (bicyclic) bond motifs is 3. The van der Waals surface area contributed by atoms with E-state index in [4.69, 9.17) is 14.4 Å². The normalized spacial score (nSPS) is 11.0. The predicted octanol–water partition coefficient (Wildman–Crippen LogP) is 5.92. The van der Waals surface area contributed by atoms with E-state index in [1.807, 2.05) is 66.7 Å². The first-order chi connectivity index (χ1) is 13.8. The van der Waals surface area contributed by atoms with Crippen molar-refractivity contribution >= 4 is 22.1 Å². The maximum atomic E-state index is 9.14. The summed E-state index contributed by atoms with van der Waals surface area (Å²) in [5.41, 5.74) is 6.40. The molecule has 4 nitrogen and oxygen atoms in total. The van der Waals surface area contributed by atoms with Crippen LogP contribution in [0, 0.1) is 11.3 Å². The lowest BCUT2D eigenvalue weighted by atomic mass is 10.1. The van der Waals surface area contributed by atoms with Crippen LogP contribution in [0.5, 0.6) is 5.75 Å². The zero-order valence-corrected chi connectivity index (χ0v) is 15.2. The molecule has 0 bridgehead atoms. The quantitative estimate of drug-likeness (QED) is 0.399. The lowest BCUT2D eigenvalue weighted by Crippen LogP contribution is -1.97. The van der Waals surface area contributed by atoms with E-state index in [1.54, 1.807) is 7.11 Å². The number of methoxy groups -OCH3 is 1. The number of para-hydroxylation sites is 1. The summed E-state index contributed by atoms with van der Waals surface area (Å²) in [4.78, 5) is 0. The fraction of sp³-hybridized carbons (Fsp3) is 0.0417. The number of hydrogen-bond donors (Lipinski definition) is 0. The Morgan fingerprint density at radius 2 is 1.64 bits per heavy atom. The van der Waals surface area contributed by atoms with Gasteiger partial charge in [-0.05, 0) is 66.2 Å². The van der Waals surface area contributed by atoms with E-state index in [-0.39, 0.29) is 0 Å². The van der Waals surface area contributed by atoms with E-state index in [0.717, 1.165) is 44.8 Å². The van der Waals surface area contributed by atoms with Crippen molar-refractivity contribution in [3.05, 3.63) is 84.4 Å². The summed E-state index contributed by atoms with van der Waals surface area (Å²) in [5, 5.41) is 10.2. The molecule has 0 atom stereocenters. The maximum Gasteiger partial charge on any atom is 0.154 e. The highest BCUT2D eigenvalue weighted by Gasteiger charge is 2.18. The van der Waals surface area contributed by atoms with Gasteiger partial charge in [0.05, 0.1) is 24.4 Å². The molecule has 0 spiro atoms. The highest BCUT2D eigenvalue weighted by atomic mass is 16.5. The molecule has 2 heterocycles. The Balaban J connectivity index is 1.82. The maximum absolute atomic E-state index is 9.14. The molecule has 0 amide bonds. The van der Waals surface area contributed by atoms with Crippen LogP contribution in [-0.2, 0) is 0 Å². The molecule has 0 aliphatic heterocycles. The van der Waals surface area contributed by atoms with Gasteiger partial charge in [-0.15, -0.1) is 0 Å². The minimum atomic E-state index is 0.634. The molecule has 2 aromatic heterocycles. The summed E-state index contributed by atoms with van der Waals surface area (Å²) >= 11 is 0. The summed E-state index contributed by atoms with van der Waals surface area (Å²) in [6.07, 6.45) is 0. The second-order valence-corrected chi connectivity index (χ2v) is 6.56. The first kappa shape index (κ1) is 16.2. The summed E-state index contributed by atoms with van der Waals surface area (Å²) in [5.74, 6) is 0.814. The van der Waals surface area contributed by atoms with E-state index in [0.29, 0.717) is 5.56 Å². The van der Waals surface area contributed by atoms with Crippen LogP contribution in [0.25, 0.3) is 39.0 Å². The molecule has 5 aromatic rings. The Bertz CT molecular complexity index is 1330. The Kier molecular flexibility index (Phi) is 3.67. The van der Waals surface area contributed by atoms with Gasteiger partial charge in [-0.1, -0.05) is 12.1 Å². The second-order valence-electron chi connectivity index (χ2n) is 6.56. The third-order valence-electron chi connectivity index (χ3n) is 4.97. The van der Waals surface area contributed by atoms with Crippen molar-refractivity contribution in [2.45, 2.75) is 0 Å². The molecule has 5 rings (SSSR count). The van der Waals surface area contributed by atoms with Gasteiger partial charge in [-0.2, -0.15) is 5.26 Å². The summed E-state index contributed by atoms with van der Waals surface area (Å²) in [7, 11) is 1.66. The van der Waals surface area contributed by atoms with Crippen molar-refractivity contribution in [3.8, 4) is 28.8 Å². The molecular formula is C24H16N2O2. The summed E-state index contributed by atoms with van der Waals surface area (Å²) < 4.78 is 13.6. The molecule has 0 aliphatic rings. The number of benzene rings is 3. The fourth-order valence-electron chi connectivity index (χ4n) is 3.62. The van der Waals surface area contributed by atoms with Crippen molar-refractivity contribution in [3.63, 3.8) is 0 Å². The number of aromatic nitrogens is 1. The highest BCUT2D eigenvalue weighted by Crippen LogP contribution is 2.38. The van der Waals surface area contributed by atoms with Gasteiger partial charge < -0.3 is 13.7 Å². The molecule has 28 heavy (non-hydrogen) atoms. The van der Waals surface area contributed by atoms with Crippen molar-refractivity contribution in [2.75, 3.05) is 7.11 Å². The first-order valence-electron chi connectivity index (χ1n) is 8.96. The first-order valence-corrected chi connectivity index (χ1v) is 8.96. The fourth-order valence-corrected chi connectivity index (χ4v) is 3.62. The van der Waals surface area contributed by atoms with Crippen LogP contribution in [0.1, 0.15) is 5.56 Å². The Hall–Kier alpha value is -3.97. The van der Waals surface area contributed by atoms with Crippen LogP contribution in [0.3, 0.4) is 0 Å². The van der Waals surface area contributed by atoms with E-state index in [2.05, 4.69) is 22.8 Å². The van der Waals surface area contributed by atoms with Crippen LogP contribution in [0.4, 0.5) is 0 Å². The Morgan fingerprint density at radius 3 is 2.36 bits per heavy atom. The molecule has 0 radical (unpaired) electrons. The van der Waals surface area contributed by atoms with Crippen LogP contribution in [0.15, 0.2) is 83.3 Å². The second kappa shape index (κ2) is 6.33. The van der Waals surface area contributed by atoms with Crippen molar-refractivity contribution in [2.24, 2.45) is 0 Å². The molecule has 4 heteroatoms. The topological polar surface area (TPSA) is 51.1 Å². The molecule has 134 valence electrons. The molecule has 0 unspecified atom stereocenters. The molecule has 0 N–H and O–H groups in total. The van der Waals surface area contributed by atoms with Gasteiger partial charge in [0.1, 0.15) is 16.8 Å². The van der Waals surface area contributed by atoms with E-state index < -0.39 is 0 Å². The van der Waals surface area contributed by atoms with Crippen LogP contribution >= 0.6 is 0 Å². The average Bonchev–Trinajstić information content (AvgIpc) is 3.30. The predicted molar refractivity (Wildman–Crippen MR) is 110 cm³/mol. The van der Waals surface area contributed by atoms with Crippen LogP contribution in [0.2, 0.25) is 0 Å². The minimum absolute atomic E-state index is 0.634. The number of rotatable bonds is 3. The Morgan fingerprint density at radius 1 is 0.893 bits per heavy atom. The van der Waals surface area contributed by atoms with Crippen LogP contribution in [-0.4, -0.2) is 11.7 Å². The standard InChI is InChI=1S/C24H16N2O2/c1-27-19-12-8-17(9-13-19)21-14-23-24(20-4-2-3-5-22(20)28-23)26(21)18-10-6-16(15-25)7-11-18/h2-14H,1H3. The van der Waals surface area contributed by atoms with Crippen molar-refractivity contribution < 1.29 is 9.15 Å². The van der Waals surface area contributed by atoms with E-state index >= 15 is 0 Å². The molecule has 0 fully saturated rings. The number of nitrogens with zero attached hydrogens (tertiary/aromatic N) is 2. The Labute approximate surface area is 161 Å². The van der Waals surface area contributed by atoms with Gasteiger partial charge in [0, 0.05) is 17.1 Å². The number of ether oxygens (including phenoxy) is 1. The van der Waals surface area contributed by atoms with E-state index in [9.17, 15) is 0 Å². The number of hydrogen-bond acceptors (Lipinski definition) is 3. The smallest absolute Gasteiger partial charge is 0.154 e. The molecule has 0 aliphatic carbocycles. The minimum Gasteiger partial charge on any atom is -0.497 e. The number of nitriles is 1. The van der Waals surface area contributed by atoms with Gasteiger partial charge in [-0.3, -0.25) is 0 Å². The van der Waals surface area contributed by atoms with Crippen molar-refractivity contribution in [1.29, 1.82) is 5.26 Å². The third kappa shape index (κ3) is 2.45. The monoisotopic (exact) mass is 364 g/mol. The molecule has 0 saturated heterocycles. The molecule has 0 saturated carbocycles. The van der Waals surface area contributed by atoms with Gasteiger partial charge in [-0.25, -0.2) is 0 Å². The van der Waals surface area contributed by atoms with Gasteiger partial charge in [0.2, 0.25) is 0 Å². The zero-order valence-electron chi connectivity index (χ0n) is 15.2. The molecular weight excluding hydrogens is 348 g/mol. The largest absolute Gasteiger partial charge is 0.497 e. The van der Waals surface area contributed by atoms with Crippen molar-refractivity contribution in [1.82, 2.24) is 4.57 Å².